The van der Waals surface area contributed by atoms with Crippen LogP contribution in [0.15, 0.2) is 0 Å². The molecule has 16 heavy (non-hydrogen) atoms. The highest BCUT2D eigenvalue weighted by Crippen LogP contribution is 2.32. The molecule has 1 atom stereocenters. The molecule has 4 nitrogen and oxygen atoms in total. The Morgan fingerprint density at radius 2 is 1.69 bits per heavy atom. The Kier molecular flexibility index (Phi) is 4.23. The minimum atomic E-state index is -5.61. The van der Waals surface area contributed by atoms with Gasteiger partial charge >= 0.3 is 17.9 Å². The zero-order valence-corrected chi connectivity index (χ0v) is 8.01. The quantitative estimate of drug-likeness (QED) is 0.573. The molecule has 0 saturated heterocycles. The highest BCUT2D eigenvalue weighted by Gasteiger charge is 2.62. The van der Waals surface area contributed by atoms with Crippen LogP contribution in [0.4, 0.5) is 22.0 Å². The summed E-state index contributed by atoms with van der Waals surface area (Å²) >= 11 is 0. The molecular formula is C7H9F5O4. The maximum absolute atomic E-state index is 12.2. The van der Waals surface area contributed by atoms with Gasteiger partial charge in [0.2, 0.25) is 5.92 Å². The molecule has 0 aliphatic heterocycles. The van der Waals surface area contributed by atoms with Crippen LogP contribution >= 0.6 is 0 Å². The first-order valence-corrected chi connectivity index (χ1v) is 3.94. The first-order valence-electron chi connectivity index (χ1n) is 3.94. The molecule has 1 unspecified atom stereocenters. The van der Waals surface area contributed by atoms with Gasteiger partial charge in [0.25, 0.3) is 0 Å². The molecule has 0 aliphatic rings. The van der Waals surface area contributed by atoms with E-state index in [0.29, 0.717) is 6.92 Å². The number of halogens is 5. The zero-order valence-electron chi connectivity index (χ0n) is 8.01. The van der Waals surface area contributed by atoms with Crippen molar-refractivity contribution < 1.29 is 41.7 Å². The van der Waals surface area contributed by atoms with E-state index >= 15 is 0 Å². The smallest absolute Gasteiger partial charge is 0.455 e. The molecule has 0 aromatic heterocycles. The van der Waals surface area contributed by atoms with E-state index in [0.717, 1.165) is 0 Å². The number of hydrogen-bond donors (Lipinski definition) is 2. The van der Waals surface area contributed by atoms with Gasteiger partial charge in [-0.1, -0.05) is 0 Å². The van der Waals surface area contributed by atoms with Gasteiger partial charge in [-0.2, -0.15) is 13.2 Å². The van der Waals surface area contributed by atoms with Crippen molar-refractivity contribution in [1.82, 2.24) is 0 Å². The van der Waals surface area contributed by atoms with Gasteiger partial charge in [-0.05, 0) is 6.92 Å². The Labute approximate surface area is 86.6 Å². The van der Waals surface area contributed by atoms with Crippen molar-refractivity contribution in [3.63, 3.8) is 0 Å². The van der Waals surface area contributed by atoms with Gasteiger partial charge in [0.05, 0.1) is 6.61 Å². The maximum atomic E-state index is 12.2. The second kappa shape index (κ2) is 4.50. The average molecular weight is 252 g/mol. The summed E-state index contributed by atoms with van der Waals surface area (Å²) in [6.45, 7) is -0.824. The third-order valence-electron chi connectivity index (χ3n) is 1.53. The van der Waals surface area contributed by atoms with Crippen molar-refractivity contribution in [3.8, 4) is 0 Å². The molecule has 96 valence electrons. The van der Waals surface area contributed by atoms with Crippen molar-refractivity contribution in [1.29, 1.82) is 0 Å². The second-order valence-corrected chi connectivity index (χ2v) is 3.12. The predicted molar refractivity (Wildman–Crippen MR) is 39.8 cm³/mol. The SMILES string of the molecule is CC(F)(F)CCOC(O)(C(=O)O)C(F)(F)F. The minimum Gasteiger partial charge on any atom is -0.477 e. The summed E-state index contributed by atoms with van der Waals surface area (Å²) in [6.07, 6.45) is -6.75. The normalized spacial score (nSPS) is 16.9. The van der Waals surface area contributed by atoms with Crippen LogP contribution in [0, 0.1) is 0 Å². The average Bonchev–Trinajstić information content (AvgIpc) is 1.98. The van der Waals surface area contributed by atoms with E-state index in [-0.39, 0.29) is 0 Å². The third-order valence-corrected chi connectivity index (χ3v) is 1.53. The van der Waals surface area contributed by atoms with E-state index in [1.807, 2.05) is 0 Å². The number of aliphatic hydroxyl groups is 1. The van der Waals surface area contributed by atoms with Crippen molar-refractivity contribution in [2.75, 3.05) is 6.61 Å². The van der Waals surface area contributed by atoms with E-state index in [1.54, 1.807) is 0 Å². The highest BCUT2D eigenvalue weighted by atomic mass is 19.4. The fraction of sp³-hybridized carbons (Fsp3) is 0.857. The summed E-state index contributed by atoms with van der Waals surface area (Å²) in [4.78, 5) is 10.1. The lowest BCUT2D eigenvalue weighted by atomic mass is 10.2. The largest absolute Gasteiger partial charge is 0.477 e. The van der Waals surface area contributed by atoms with Crippen LogP contribution < -0.4 is 0 Å². The van der Waals surface area contributed by atoms with Crippen LogP contribution in [0.1, 0.15) is 13.3 Å². The molecule has 0 aromatic carbocycles. The number of carbonyl (C=O) groups is 1. The van der Waals surface area contributed by atoms with E-state index in [2.05, 4.69) is 4.74 Å². The number of carboxylic acids is 1. The number of ether oxygens (including phenoxy) is 1. The van der Waals surface area contributed by atoms with Gasteiger partial charge in [-0.15, -0.1) is 0 Å². The predicted octanol–water partition coefficient (Wildman–Crippen LogP) is 1.38. The topological polar surface area (TPSA) is 66.8 Å². The number of alkyl halides is 5. The third kappa shape index (κ3) is 3.89. The Bertz CT molecular complexity index is 258. The number of carboxylic acid groups (broad SMARTS) is 1. The van der Waals surface area contributed by atoms with Crippen molar-refractivity contribution in [2.24, 2.45) is 0 Å². The number of rotatable bonds is 5. The molecule has 0 bridgehead atoms. The molecule has 0 saturated carbocycles. The van der Waals surface area contributed by atoms with Gasteiger partial charge in [-0.25, -0.2) is 13.6 Å². The Balaban J connectivity index is 4.55. The highest BCUT2D eigenvalue weighted by molar-refractivity contribution is 5.76. The summed E-state index contributed by atoms with van der Waals surface area (Å²) in [5, 5.41) is 16.7. The first-order chi connectivity index (χ1) is 6.90. The molecule has 2 N–H and O–H groups in total. The van der Waals surface area contributed by atoms with Gasteiger partial charge in [0.1, 0.15) is 0 Å². The molecule has 0 heterocycles. The summed E-state index contributed by atoms with van der Waals surface area (Å²) in [7, 11) is 0. The van der Waals surface area contributed by atoms with Crippen LogP contribution in [-0.4, -0.2) is 40.7 Å². The van der Waals surface area contributed by atoms with Gasteiger partial charge in [0.15, 0.2) is 0 Å². The van der Waals surface area contributed by atoms with Crippen LogP contribution in [0.5, 0.6) is 0 Å². The van der Waals surface area contributed by atoms with Gasteiger partial charge in [-0.3, -0.25) is 0 Å². The maximum Gasteiger partial charge on any atom is 0.455 e. The van der Waals surface area contributed by atoms with Crippen molar-refractivity contribution >= 4 is 5.97 Å². The fourth-order valence-corrected chi connectivity index (χ4v) is 0.643. The molecule has 0 rings (SSSR count). The Morgan fingerprint density at radius 3 is 1.94 bits per heavy atom. The molecule has 0 aliphatic carbocycles. The van der Waals surface area contributed by atoms with E-state index < -0.39 is 36.9 Å². The van der Waals surface area contributed by atoms with Crippen LogP contribution in [-0.2, 0) is 9.53 Å². The molecule has 0 radical (unpaired) electrons. The monoisotopic (exact) mass is 252 g/mol. The van der Waals surface area contributed by atoms with Gasteiger partial charge in [0, 0.05) is 6.42 Å². The number of aliphatic carboxylic acids is 1. The fourth-order valence-electron chi connectivity index (χ4n) is 0.643. The molecule has 0 fully saturated rings. The van der Waals surface area contributed by atoms with Gasteiger partial charge < -0.3 is 14.9 Å². The summed E-state index contributed by atoms with van der Waals surface area (Å²) < 4.78 is 64.1. The lowest BCUT2D eigenvalue weighted by Gasteiger charge is -2.26. The number of hydrogen-bond acceptors (Lipinski definition) is 3. The van der Waals surface area contributed by atoms with Crippen LogP contribution in [0.25, 0.3) is 0 Å². The summed E-state index contributed by atoms with van der Waals surface area (Å²) in [5.74, 6) is -10.5. The molecule has 0 amide bonds. The first kappa shape index (κ1) is 15.0. The molecule has 9 heteroatoms. The minimum absolute atomic E-state index is 0.420. The Hall–Kier alpha value is -0.960. The molecule has 0 aromatic rings. The van der Waals surface area contributed by atoms with Crippen molar-refractivity contribution in [2.45, 2.75) is 31.2 Å². The standard InChI is InChI=1S/C7H9F5O4/c1-5(8,9)2-3-16-6(15,4(13)14)7(10,11)12/h15H,2-3H2,1H3,(H,13,14). The molecule has 0 spiro atoms. The lowest BCUT2D eigenvalue weighted by Crippen LogP contribution is -2.54. The zero-order chi connectivity index (χ0) is 13.2. The summed E-state index contributed by atoms with van der Waals surface area (Å²) in [5.41, 5.74) is 0. The van der Waals surface area contributed by atoms with E-state index in [4.69, 9.17) is 10.2 Å². The lowest BCUT2D eigenvalue weighted by molar-refractivity contribution is -0.353. The Morgan fingerprint density at radius 1 is 1.25 bits per heavy atom. The summed E-state index contributed by atoms with van der Waals surface area (Å²) in [6, 6.07) is 0. The van der Waals surface area contributed by atoms with E-state index in [1.165, 1.54) is 0 Å². The van der Waals surface area contributed by atoms with Crippen LogP contribution in [0.2, 0.25) is 0 Å². The second-order valence-electron chi connectivity index (χ2n) is 3.12. The molecular weight excluding hydrogens is 243 g/mol. The van der Waals surface area contributed by atoms with Crippen molar-refractivity contribution in [3.05, 3.63) is 0 Å². The van der Waals surface area contributed by atoms with Crippen LogP contribution in [0.3, 0.4) is 0 Å². The van der Waals surface area contributed by atoms with E-state index in [9.17, 15) is 26.7 Å².